The molecule has 1 unspecified atom stereocenters. The van der Waals surface area contributed by atoms with E-state index in [0.29, 0.717) is 12.1 Å². The molecule has 47 heavy (non-hydrogen) atoms. The molecule has 3 aromatic carbocycles. The molecule has 3 amide bonds. The van der Waals surface area contributed by atoms with E-state index in [2.05, 4.69) is 10.1 Å². The minimum Gasteiger partial charge on any atom is -0.483 e. The SMILES string of the molecule is Cc1cc(OC(F)(F)F)ccc1OCC(=O)N1CCN2C(=O)c3cc(-c4cc(C(F)(F)F)cc(C(F)(F)F)c4)ccc3NC(=O)C2C1. The zero-order valence-electron chi connectivity index (χ0n) is 23.9. The summed E-state index contributed by atoms with van der Waals surface area (Å²) in [7, 11) is 0. The van der Waals surface area contributed by atoms with Crippen LogP contribution in [0.4, 0.5) is 45.2 Å². The second-order valence-electron chi connectivity index (χ2n) is 10.7. The van der Waals surface area contributed by atoms with Crippen molar-refractivity contribution in [2.45, 2.75) is 31.7 Å². The number of ether oxygens (including phenoxy) is 2. The molecule has 1 saturated heterocycles. The van der Waals surface area contributed by atoms with Gasteiger partial charge in [0.05, 0.1) is 28.9 Å². The quantitative estimate of drug-likeness (QED) is 0.322. The molecule has 1 fully saturated rings. The Balaban J connectivity index is 1.32. The van der Waals surface area contributed by atoms with E-state index in [1.807, 2.05) is 0 Å². The Morgan fingerprint density at radius 2 is 1.51 bits per heavy atom. The van der Waals surface area contributed by atoms with Crippen molar-refractivity contribution in [1.29, 1.82) is 0 Å². The Morgan fingerprint density at radius 1 is 0.851 bits per heavy atom. The fourth-order valence-electron chi connectivity index (χ4n) is 5.19. The molecule has 2 heterocycles. The van der Waals surface area contributed by atoms with E-state index in [1.54, 1.807) is 0 Å². The summed E-state index contributed by atoms with van der Waals surface area (Å²) in [6.07, 6.45) is -15.1. The highest BCUT2D eigenvalue weighted by Crippen LogP contribution is 2.40. The Bertz CT molecular complexity index is 1710. The van der Waals surface area contributed by atoms with Gasteiger partial charge in [-0.15, -0.1) is 13.2 Å². The number of alkyl halides is 9. The van der Waals surface area contributed by atoms with Gasteiger partial charge in [0.1, 0.15) is 17.5 Å². The number of nitrogens with one attached hydrogen (secondary N) is 1. The number of carbonyl (C=O) groups is 3. The largest absolute Gasteiger partial charge is 0.573 e. The molecule has 250 valence electrons. The number of fused-ring (bicyclic) bond motifs is 2. The van der Waals surface area contributed by atoms with E-state index in [-0.39, 0.29) is 53.8 Å². The fourth-order valence-corrected chi connectivity index (χ4v) is 5.19. The van der Waals surface area contributed by atoms with E-state index < -0.39 is 71.5 Å². The number of hydrogen-bond acceptors (Lipinski definition) is 5. The van der Waals surface area contributed by atoms with Crippen LogP contribution in [0.15, 0.2) is 54.6 Å². The number of anilines is 1. The number of hydrogen-bond donors (Lipinski definition) is 1. The predicted octanol–water partition coefficient (Wildman–Crippen LogP) is 6.28. The van der Waals surface area contributed by atoms with Crippen LogP contribution in [-0.2, 0) is 21.9 Å². The van der Waals surface area contributed by atoms with Gasteiger partial charge in [-0.3, -0.25) is 14.4 Å². The smallest absolute Gasteiger partial charge is 0.483 e. The van der Waals surface area contributed by atoms with Crippen molar-refractivity contribution < 1.29 is 63.4 Å². The minimum atomic E-state index is -5.09. The van der Waals surface area contributed by atoms with Crippen LogP contribution < -0.4 is 14.8 Å². The monoisotopic (exact) mass is 675 g/mol. The highest BCUT2D eigenvalue weighted by Gasteiger charge is 2.41. The molecule has 8 nitrogen and oxygen atoms in total. The van der Waals surface area contributed by atoms with Gasteiger partial charge in [-0.25, -0.2) is 0 Å². The zero-order chi connectivity index (χ0) is 34.5. The minimum absolute atomic E-state index is 0.0148. The van der Waals surface area contributed by atoms with Crippen LogP contribution in [-0.4, -0.2) is 66.2 Å². The van der Waals surface area contributed by atoms with Crippen LogP contribution in [0, 0.1) is 6.92 Å². The molecule has 3 aromatic rings. The number of halogens is 9. The lowest BCUT2D eigenvalue weighted by molar-refractivity contribution is -0.274. The van der Waals surface area contributed by atoms with Crippen molar-refractivity contribution >= 4 is 23.4 Å². The molecule has 0 aromatic heterocycles. The van der Waals surface area contributed by atoms with Gasteiger partial charge in [-0.05, 0) is 72.1 Å². The van der Waals surface area contributed by atoms with Gasteiger partial charge in [-0.2, -0.15) is 26.3 Å². The normalized spacial score (nSPS) is 17.0. The molecular formula is C30H22F9N3O5. The Labute approximate surface area is 259 Å². The second kappa shape index (κ2) is 12.0. The Hall–Kier alpha value is -4.96. The highest BCUT2D eigenvalue weighted by atomic mass is 19.4. The van der Waals surface area contributed by atoms with Crippen LogP contribution in [0.25, 0.3) is 11.1 Å². The third kappa shape index (κ3) is 7.38. The molecule has 0 aliphatic carbocycles. The average molecular weight is 676 g/mol. The van der Waals surface area contributed by atoms with Gasteiger partial charge in [0, 0.05) is 13.1 Å². The first-order valence-corrected chi connectivity index (χ1v) is 13.6. The van der Waals surface area contributed by atoms with Gasteiger partial charge in [0.15, 0.2) is 6.61 Å². The van der Waals surface area contributed by atoms with E-state index in [4.69, 9.17) is 4.74 Å². The van der Waals surface area contributed by atoms with Crippen LogP contribution in [0.1, 0.15) is 27.0 Å². The summed E-state index contributed by atoms with van der Waals surface area (Å²) in [4.78, 5) is 42.0. The standard InChI is InChI=1S/C30H22F9N3O5/c1-15-8-20(47-30(37,38)39)3-5-24(15)46-14-25(43)41-6-7-42-23(13-41)26(44)40-22-4-2-16(11-21(22)27(42)45)17-9-18(28(31,32)33)12-19(10-17)29(34,35)36/h2-5,8-12,23H,6-7,13-14H2,1H3,(H,40,44). The third-order valence-electron chi connectivity index (χ3n) is 7.46. The van der Waals surface area contributed by atoms with E-state index in [0.717, 1.165) is 23.1 Å². The number of rotatable bonds is 5. The van der Waals surface area contributed by atoms with Crippen molar-refractivity contribution in [3.05, 3.63) is 76.9 Å². The molecule has 0 bridgehead atoms. The maximum atomic E-state index is 13.6. The molecule has 0 spiro atoms. The van der Waals surface area contributed by atoms with Crippen molar-refractivity contribution in [2.24, 2.45) is 0 Å². The maximum absolute atomic E-state index is 13.6. The third-order valence-corrected chi connectivity index (χ3v) is 7.46. The molecule has 17 heteroatoms. The van der Waals surface area contributed by atoms with Crippen LogP contribution >= 0.6 is 0 Å². The molecule has 5 rings (SSSR count). The lowest BCUT2D eigenvalue weighted by Gasteiger charge is -2.39. The molecule has 2 aliphatic heterocycles. The first kappa shape index (κ1) is 33.4. The number of aryl methyl sites for hydroxylation is 1. The molecule has 2 aliphatic rings. The van der Waals surface area contributed by atoms with Crippen molar-refractivity contribution in [2.75, 3.05) is 31.6 Å². The van der Waals surface area contributed by atoms with Crippen molar-refractivity contribution in [3.63, 3.8) is 0 Å². The topological polar surface area (TPSA) is 88.2 Å². The summed E-state index contributed by atoms with van der Waals surface area (Å²) in [5, 5.41) is 2.53. The highest BCUT2D eigenvalue weighted by molar-refractivity contribution is 6.10. The van der Waals surface area contributed by atoms with Gasteiger partial charge >= 0.3 is 18.7 Å². The predicted molar refractivity (Wildman–Crippen MR) is 145 cm³/mol. The molecule has 0 radical (unpaired) electrons. The van der Waals surface area contributed by atoms with Crippen molar-refractivity contribution in [1.82, 2.24) is 9.80 Å². The van der Waals surface area contributed by atoms with Crippen LogP contribution in [0.3, 0.4) is 0 Å². The fraction of sp³-hybridized carbons (Fsp3) is 0.300. The van der Waals surface area contributed by atoms with Gasteiger partial charge in [0.2, 0.25) is 5.91 Å². The summed E-state index contributed by atoms with van der Waals surface area (Å²) >= 11 is 0. The van der Waals surface area contributed by atoms with E-state index in [9.17, 15) is 53.9 Å². The lowest BCUT2D eigenvalue weighted by Crippen LogP contribution is -2.60. The number of piperazine rings is 1. The van der Waals surface area contributed by atoms with Crippen molar-refractivity contribution in [3.8, 4) is 22.6 Å². The van der Waals surface area contributed by atoms with Gasteiger partial charge in [-0.1, -0.05) is 6.07 Å². The molecular weight excluding hydrogens is 653 g/mol. The lowest BCUT2D eigenvalue weighted by atomic mass is 9.96. The summed E-state index contributed by atoms with van der Waals surface area (Å²) < 4.78 is 127. The van der Waals surface area contributed by atoms with Gasteiger partial charge < -0.3 is 24.6 Å². The van der Waals surface area contributed by atoms with Crippen LogP contribution in [0.2, 0.25) is 0 Å². The van der Waals surface area contributed by atoms with Crippen LogP contribution in [0.5, 0.6) is 11.5 Å². The summed E-state index contributed by atoms with van der Waals surface area (Å²) in [5.74, 6) is -2.42. The zero-order valence-corrected chi connectivity index (χ0v) is 23.9. The first-order chi connectivity index (χ1) is 21.8. The number of nitrogens with zero attached hydrogens (tertiary/aromatic N) is 2. The first-order valence-electron chi connectivity index (χ1n) is 13.6. The number of carbonyl (C=O) groups excluding carboxylic acids is 3. The molecule has 1 atom stereocenters. The number of amides is 3. The van der Waals surface area contributed by atoms with E-state index in [1.165, 1.54) is 30.0 Å². The summed E-state index contributed by atoms with van der Waals surface area (Å²) in [6, 6.07) is 6.55. The summed E-state index contributed by atoms with van der Waals surface area (Å²) in [5.41, 5.74) is -3.64. The molecule has 0 saturated carbocycles. The Kier molecular flexibility index (Phi) is 8.53. The van der Waals surface area contributed by atoms with Gasteiger partial charge in [0.25, 0.3) is 11.8 Å². The Morgan fingerprint density at radius 3 is 2.11 bits per heavy atom. The number of benzene rings is 3. The molecule has 1 N–H and O–H groups in total. The second-order valence-corrected chi connectivity index (χ2v) is 10.7. The van der Waals surface area contributed by atoms with E-state index >= 15 is 0 Å². The average Bonchev–Trinajstić information content (AvgIpc) is 3.07. The summed E-state index contributed by atoms with van der Waals surface area (Å²) in [6.45, 7) is 0.390. The maximum Gasteiger partial charge on any atom is 0.573 e.